The van der Waals surface area contributed by atoms with E-state index in [2.05, 4.69) is 41.7 Å². The molecule has 8 aliphatic rings. The molecule has 9 amide bonds. The number of ketones is 1. The van der Waals surface area contributed by atoms with Gasteiger partial charge in [0.05, 0.1) is 35.5 Å². The highest BCUT2D eigenvalue weighted by molar-refractivity contribution is 6.22. The summed E-state index contributed by atoms with van der Waals surface area (Å²) in [7, 11) is 5.53. The number of rotatable bonds is 24. The van der Waals surface area contributed by atoms with Crippen molar-refractivity contribution < 1.29 is 95.7 Å². The fourth-order valence-corrected chi connectivity index (χ4v) is 15.8. The molecule has 10 N–H and O–H groups in total. The molecule has 7 heterocycles. The van der Waals surface area contributed by atoms with Gasteiger partial charge in [-0.15, -0.1) is 0 Å². The average Bonchev–Trinajstić information content (AvgIpc) is 1.39. The lowest BCUT2D eigenvalue weighted by atomic mass is 9.77. The van der Waals surface area contributed by atoms with Crippen LogP contribution in [0.1, 0.15) is 147 Å². The molecule has 0 spiro atoms. The van der Waals surface area contributed by atoms with Crippen LogP contribution in [0.4, 0.5) is 32.3 Å². The quantitative estimate of drug-likeness (QED) is 0.00894. The van der Waals surface area contributed by atoms with E-state index in [-0.39, 0.29) is 118 Å². The van der Waals surface area contributed by atoms with E-state index < -0.39 is 137 Å². The lowest BCUT2D eigenvalue weighted by Gasteiger charge is -2.47. The number of urea groups is 1. The van der Waals surface area contributed by atoms with Crippen LogP contribution in [-0.2, 0) is 68.6 Å². The summed E-state index contributed by atoms with van der Waals surface area (Å²) in [5.74, 6) is -10.3. The summed E-state index contributed by atoms with van der Waals surface area (Å²) in [5, 5.41) is 39.7. The number of nitrogens with zero attached hydrogens (tertiary/aromatic N) is 4. The van der Waals surface area contributed by atoms with E-state index in [1.807, 2.05) is 47.9 Å². The molecule has 7 aliphatic heterocycles. The number of Topliss-reactive ketones (excluding diaryl/α,β-unsaturated/α-hetero) is 1. The predicted octanol–water partition coefficient (Wildman–Crippen LogP) is 10.2. The maximum Gasteiger partial charge on any atom is 0.411 e. The molecule has 7 bridgehead atoms. The van der Waals surface area contributed by atoms with Crippen LogP contribution in [0, 0.1) is 36.5 Å². The molecule has 1 unspecified atom stereocenters. The summed E-state index contributed by atoms with van der Waals surface area (Å²) >= 11 is 0. The third-order valence-corrected chi connectivity index (χ3v) is 22.5. The number of hydrogen-bond acceptors (Lipinski definition) is 24. The molecule has 0 radical (unpaired) electrons. The van der Waals surface area contributed by atoms with Gasteiger partial charge in [0.25, 0.3) is 23.5 Å². The molecule has 1 aliphatic carbocycles. The second kappa shape index (κ2) is 37.7. The predicted molar refractivity (Wildman–Crippen MR) is 437 cm³/mol. The van der Waals surface area contributed by atoms with E-state index in [1.54, 1.807) is 99.7 Å². The molecule has 0 aromatic heterocycles. The van der Waals surface area contributed by atoms with Crippen molar-refractivity contribution in [2.45, 2.75) is 182 Å². The minimum absolute atomic E-state index is 0.00232. The van der Waals surface area contributed by atoms with E-state index >= 15 is 9.59 Å². The van der Waals surface area contributed by atoms with Gasteiger partial charge >= 0.3 is 23.9 Å². The Hall–Kier alpha value is -11.7. The average molecular weight is 1630 g/mol. The summed E-state index contributed by atoms with van der Waals surface area (Å²) < 4.78 is 51.1. The zero-order valence-corrected chi connectivity index (χ0v) is 68.5. The number of aromatic nitrogens is 1. The van der Waals surface area contributed by atoms with Gasteiger partial charge in [0, 0.05) is 147 Å². The number of carbonyl (C=O) groups is 10. The highest BCUT2D eigenvalue weighted by Gasteiger charge is 2.51. The number of unbranched alkanes of at least 4 members (excludes halogenated alkanes) is 2. The van der Waals surface area contributed by atoms with E-state index in [0.29, 0.717) is 66.6 Å². The van der Waals surface area contributed by atoms with Gasteiger partial charge in [0.15, 0.2) is 17.6 Å². The van der Waals surface area contributed by atoms with Crippen LogP contribution in [0.5, 0.6) is 17.2 Å². The number of aromatic hydroxyl groups is 2. The van der Waals surface area contributed by atoms with Gasteiger partial charge in [-0.05, 0) is 108 Å². The Kier molecular flexibility index (Phi) is 27.8. The van der Waals surface area contributed by atoms with Crippen molar-refractivity contribution in [1.82, 2.24) is 30.7 Å². The van der Waals surface area contributed by atoms with Crippen molar-refractivity contribution in [3.05, 3.63) is 141 Å². The number of esters is 1. The number of carbonyl (C=O) groups excluding carboxylic acids is 10. The first-order chi connectivity index (χ1) is 56.1. The minimum atomic E-state index is -2.15. The molecule has 12 atom stereocenters. The smallest absolute Gasteiger partial charge is 0.411 e. The SMILES string of the molecule is CO[C@H]1/C=C/O[C@@]2(C)Oc3c(C)c(O)c4c(=O)c(c5oc6cc(N7CCC(N(C)C)CC7)cc(O)c6nc-5c4c3C2=O)NC(=O)/C(C)=C\C=C\[C@H](C)[C@@H]2OC(c3ccc(NC(=O)OCc4ccc(NC(=O)[C@H](CCCNC(N)=O)NC(=O)[C@@H](NC(=O)CCCCCN5C(=O)C=CC5=O)C(C)C)cc4)cc3)O[C@@H]([C@@H](C)[C@H](OC(C)=O)[C@@H]1C)[C@@H]2C. The Bertz CT molecular complexity index is 4950. The largest absolute Gasteiger partial charge is 0.507 e. The number of phenols is 2. The lowest BCUT2D eigenvalue weighted by Crippen LogP contribution is -2.54. The van der Waals surface area contributed by atoms with Gasteiger partial charge in [-0.25, -0.2) is 14.6 Å². The van der Waals surface area contributed by atoms with Crippen LogP contribution in [0.25, 0.3) is 33.3 Å². The van der Waals surface area contributed by atoms with Crippen LogP contribution >= 0.6 is 0 Å². The molecule has 2 saturated heterocycles. The summed E-state index contributed by atoms with van der Waals surface area (Å²) in [6.45, 7) is 18.3. The van der Waals surface area contributed by atoms with Gasteiger partial charge in [-0.2, -0.15) is 0 Å². The standard InChI is InChI=1S/C86H105N11O21/c1-44(2)68(92-62(100)22-15-14-16-37-97-63(101)31-32-64(97)102)82(108)91-58(21-18-36-88-84(87)109)81(107)89-54-27-23-52(24-28-54)43-112-85(110)90-55-29-25-53(26-30-55)83-116-74-45(3)19-17-20-46(4)80(106)94-71-73(104)66-65(70-78(71)115-61-42-57(41-59(99)69(61)93-70)96-38-33-56(34-39-96)95(11)12)67-77(48(6)72(66)103)118-86(10,79(67)105)113-40-35-60(111-13)47(5)75(114-51(9)98)50(8)76(117-83)49(74)7/h17,19-20,23-32,35,40-42,44-45,47,49-50,56,58,60,68,74-76,83,99,103H,14-16,18,21-22,33-34,36-39,43H2,1-13H3,(H,89,107)(H,90,110)(H,91,108)(H,92,100)(H,94,106)(H3,87,88,109)/b19-17+,40-35+,46-20-/t45-,47+,49+,50-,58-,60-,68-,74-,75+,76+,83?,86-/m0/s1. The topological polar surface area (TPSA) is 427 Å². The first kappa shape index (κ1) is 87.1. The number of amides is 9. The number of imide groups is 1. The van der Waals surface area contributed by atoms with E-state index in [0.717, 1.165) is 17.7 Å². The van der Waals surface area contributed by atoms with Gasteiger partial charge in [0.1, 0.15) is 58.9 Å². The number of allylic oxidation sites excluding steroid dienone is 2. The molecule has 2 fully saturated rings. The number of primary amides is 1. The Balaban J connectivity index is 0.797. The van der Waals surface area contributed by atoms with Gasteiger partial charge in [-0.1, -0.05) is 90.5 Å². The first-order valence-corrected chi connectivity index (χ1v) is 39.7. The lowest BCUT2D eigenvalue weighted by molar-refractivity contribution is -0.293. The third-order valence-electron chi connectivity index (χ3n) is 22.5. The first-order valence-electron chi connectivity index (χ1n) is 39.7. The van der Waals surface area contributed by atoms with Crippen molar-refractivity contribution in [3.8, 4) is 28.7 Å². The zero-order chi connectivity index (χ0) is 85.3. The number of anilines is 4. The van der Waals surface area contributed by atoms with E-state index in [4.69, 9.17) is 48.3 Å². The van der Waals surface area contributed by atoms with Crippen molar-refractivity contribution in [2.24, 2.45) is 35.3 Å². The Morgan fingerprint density at radius 2 is 1.49 bits per heavy atom. The Labute approximate surface area is 682 Å². The maximum absolute atomic E-state index is 15.3. The number of hydrogen-bond donors (Lipinski definition) is 9. The summed E-state index contributed by atoms with van der Waals surface area (Å²) in [6.07, 6.45) is 8.92. The fraction of sp³-hybridized carbons (Fsp3) is 0.465. The molecule has 4 aromatic carbocycles. The molecule has 32 nitrogen and oxygen atoms in total. The summed E-state index contributed by atoms with van der Waals surface area (Å²) in [5.41, 5.74) is 6.18. The molecular formula is C86H105N11O21. The summed E-state index contributed by atoms with van der Waals surface area (Å²) in [6, 6.07) is 13.9. The molecular weight excluding hydrogens is 1520 g/mol. The van der Waals surface area contributed by atoms with Crippen molar-refractivity contribution in [1.29, 1.82) is 0 Å². The third kappa shape index (κ3) is 19.7. The summed E-state index contributed by atoms with van der Waals surface area (Å²) in [4.78, 5) is 158. The number of benzene rings is 5. The van der Waals surface area contributed by atoms with Crippen LogP contribution in [0.15, 0.2) is 118 Å². The molecule has 0 saturated carbocycles. The number of ether oxygens (including phenoxy) is 7. The normalized spacial score (nSPS) is 23.9. The second-order valence-electron chi connectivity index (χ2n) is 31.5. The number of nitrogens with two attached hydrogens (primary N) is 1. The number of methoxy groups -OCH3 is 1. The Morgan fingerprint density at radius 3 is 2.15 bits per heavy atom. The van der Waals surface area contributed by atoms with E-state index in [9.17, 15) is 53.4 Å². The highest BCUT2D eigenvalue weighted by atomic mass is 16.7. The van der Waals surface area contributed by atoms with Crippen molar-refractivity contribution in [3.63, 3.8) is 0 Å². The molecule has 12 rings (SSSR count). The molecule has 4 aromatic rings. The fourth-order valence-electron chi connectivity index (χ4n) is 15.8. The number of phenolic OH excluding ortho intramolecular Hbond substituents is 2. The molecule has 32 heteroatoms. The van der Waals surface area contributed by atoms with Gasteiger partial charge < -0.3 is 89.9 Å². The number of nitrogens with one attached hydrogen (secondary N) is 6. The van der Waals surface area contributed by atoms with E-state index in [1.165, 1.54) is 46.3 Å². The van der Waals surface area contributed by atoms with Crippen LogP contribution in [0.2, 0.25) is 0 Å². The number of piperidine rings is 1. The van der Waals surface area contributed by atoms with Gasteiger partial charge in [-0.3, -0.25) is 53.4 Å². The van der Waals surface area contributed by atoms with Crippen molar-refractivity contribution >= 4 is 104 Å². The molecule has 630 valence electrons. The second-order valence-corrected chi connectivity index (χ2v) is 31.5. The van der Waals surface area contributed by atoms with Crippen LogP contribution < -0.4 is 52.7 Å². The van der Waals surface area contributed by atoms with Crippen LogP contribution in [0.3, 0.4) is 0 Å². The molecule has 118 heavy (non-hydrogen) atoms. The zero-order valence-electron chi connectivity index (χ0n) is 68.5. The van der Waals surface area contributed by atoms with Crippen LogP contribution in [-0.4, -0.2) is 180 Å². The van der Waals surface area contributed by atoms with Crippen molar-refractivity contribution in [2.75, 3.05) is 68.2 Å². The minimum Gasteiger partial charge on any atom is -0.507 e. The monoisotopic (exact) mass is 1630 g/mol. The highest BCUT2D eigenvalue weighted by Crippen LogP contribution is 2.52. The number of fused-ring (bicyclic) bond motifs is 10. The van der Waals surface area contributed by atoms with Gasteiger partial charge in [0.2, 0.25) is 23.2 Å². The maximum atomic E-state index is 15.3. The Morgan fingerprint density at radius 1 is 0.814 bits per heavy atom.